The molecule has 0 saturated carbocycles. The summed E-state index contributed by atoms with van der Waals surface area (Å²) >= 11 is 0. The van der Waals surface area contributed by atoms with Crippen LogP contribution in [-0.2, 0) is 4.79 Å². The number of rotatable bonds is 5. The monoisotopic (exact) mass is 293 g/mol. The van der Waals surface area contributed by atoms with E-state index < -0.39 is 0 Å². The second-order valence-electron chi connectivity index (χ2n) is 5.07. The third-order valence-electron chi connectivity index (χ3n) is 3.76. The molecule has 8 heteroatoms. The first-order chi connectivity index (χ1) is 10.1. The molecule has 116 valence electrons. The van der Waals surface area contributed by atoms with Gasteiger partial charge in [-0.2, -0.15) is 15.0 Å². The first-order valence-electron chi connectivity index (χ1n) is 7.39. The van der Waals surface area contributed by atoms with Crippen molar-refractivity contribution in [2.45, 2.75) is 39.2 Å². The Morgan fingerprint density at radius 3 is 2.62 bits per heavy atom. The fourth-order valence-corrected chi connectivity index (χ4v) is 2.61. The van der Waals surface area contributed by atoms with Gasteiger partial charge in [0.25, 0.3) is 0 Å². The zero-order valence-electron chi connectivity index (χ0n) is 12.6. The average Bonchev–Trinajstić information content (AvgIpc) is 2.48. The van der Waals surface area contributed by atoms with Gasteiger partial charge in [0.2, 0.25) is 23.8 Å². The van der Waals surface area contributed by atoms with Crippen molar-refractivity contribution >= 4 is 23.8 Å². The number of carbonyl (C=O) groups excluding carboxylic acids is 1. The number of nitrogens with two attached hydrogens (primary N) is 2. The zero-order valence-corrected chi connectivity index (χ0v) is 12.6. The van der Waals surface area contributed by atoms with E-state index in [9.17, 15) is 4.79 Å². The van der Waals surface area contributed by atoms with Crippen molar-refractivity contribution in [3.8, 4) is 0 Å². The average molecular weight is 293 g/mol. The van der Waals surface area contributed by atoms with Crippen molar-refractivity contribution in [2.24, 2.45) is 5.73 Å². The van der Waals surface area contributed by atoms with Gasteiger partial charge < -0.3 is 21.3 Å². The second kappa shape index (κ2) is 6.55. The van der Waals surface area contributed by atoms with Crippen LogP contribution in [0.1, 0.15) is 33.1 Å². The summed E-state index contributed by atoms with van der Waals surface area (Å²) in [4.78, 5) is 28.3. The molecule has 0 spiro atoms. The van der Waals surface area contributed by atoms with E-state index in [4.69, 9.17) is 11.5 Å². The van der Waals surface area contributed by atoms with Gasteiger partial charge in [-0.1, -0.05) is 0 Å². The van der Waals surface area contributed by atoms with Crippen LogP contribution < -0.4 is 21.3 Å². The standard InChI is InChI=1S/C13H23N7O/c1-3-19(4-2)12-16-11(15)17-13(18-12)20-8-6-5-7-9(20)10(14)21/h9H,3-8H2,1-2H3,(H2,14,21)(H2,15,16,17,18). The summed E-state index contributed by atoms with van der Waals surface area (Å²) in [5, 5.41) is 0. The summed E-state index contributed by atoms with van der Waals surface area (Å²) in [6.45, 7) is 6.30. The smallest absolute Gasteiger partial charge is 0.240 e. The van der Waals surface area contributed by atoms with Crippen molar-refractivity contribution in [2.75, 3.05) is 35.2 Å². The molecule has 0 aromatic carbocycles. The first-order valence-corrected chi connectivity index (χ1v) is 7.39. The molecule has 1 aromatic heterocycles. The van der Waals surface area contributed by atoms with Crippen LogP contribution in [0.25, 0.3) is 0 Å². The maximum Gasteiger partial charge on any atom is 0.240 e. The SMILES string of the molecule is CCN(CC)c1nc(N)nc(N2CCCCC2C(N)=O)n1. The summed E-state index contributed by atoms with van der Waals surface area (Å²) in [6, 6.07) is -0.370. The molecule has 2 heterocycles. The molecule has 4 N–H and O–H groups in total. The van der Waals surface area contributed by atoms with Gasteiger partial charge in [0.1, 0.15) is 6.04 Å². The number of aromatic nitrogens is 3. The predicted octanol–water partition coefficient (Wildman–Crippen LogP) is 0.144. The number of nitrogen functional groups attached to an aromatic ring is 1. The molecular weight excluding hydrogens is 270 g/mol. The van der Waals surface area contributed by atoms with Gasteiger partial charge in [0, 0.05) is 19.6 Å². The highest BCUT2D eigenvalue weighted by Gasteiger charge is 2.29. The second-order valence-corrected chi connectivity index (χ2v) is 5.07. The molecule has 1 amide bonds. The summed E-state index contributed by atoms with van der Waals surface area (Å²) < 4.78 is 0. The Labute approximate surface area is 124 Å². The number of carbonyl (C=O) groups is 1. The van der Waals surface area contributed by atoms with Crippen LogP contribution in [0, 0.1) is 0 Å². The lowest BCUT2D eigenvalue weighted by Crippen LogP contribution is -2.48. The maximum atomic E-state index is 11.6. The number of hydrogen-bond donors (Lipinski definition) is 2. The lowest BCUT2D eigenvalue weighted by molar-refractivity contribution is -0.119. The van der Waals surface area contributed by atoms with E-state index in [0.717, 1.165) is 32.4 Å². The van der Waals surface area contributed by atoms with Gasteiger partial charge in [0.15, 0.2) is 0 Å². The van der Waals surface area contributed by atoms with E-state index in [2.05, 4.69) is 15.0 Å². The van der Waals surface area contributed by atoms with E-state index >= 15 is 0 Å². The Hall–Kier alpha value is -2.12. The summed E-state index contributed by atoms with van der Waals surface area (Å²) in [6.07, 6.45) is 2.69. The van der Waals surface area contributed by atoms with Crippen molar-refractivity contribution in [3.05, 3.63) is 0 Å². The minimum absolute atomic E-state index is 0.163. The lowest BCUT2D eigenvalue weighted by atomic mass is 10.0. The Bertz CT molecular complexity index is 503. The normalized spacial score (nSPS) is 18.6. The molecule has 2 rings (SSSR count). The third-order valence-corrected chi connectivity index (χ3v) is 3.76. The number of hydrogen-bond acceptors (Lipinski definition) is 7. The van der Waals surface area contributed by atoms with Crippen LogP contribution in [0.2, 0.25) is 0 Å². The van der Waals surface area contributed by atoms with Crippen LogP contribution in [0.3, 0.4) is 0 Å². The topological polar surface area (TPSA) is 114 Å². The van der Waals surface area contributed by atoms with Gasteiger partial charge >= 0.3 is 0 Å². The lowest BCUT2D eigenvalue weighted by Gasteiger charge is -2.34. The Balaban J connectivity index is 2.35. The quantitative estimate of drug-likeness (QED) is 0.793. The fraction of sp³-hybridized carbons (Fsp3) is 0.692. The van der Waals surface area contributed by atoms with Crippen molar-refractivity contribution in [3.63, 3.8) is 0 Å². The molecular formula is C13H23N7O. The largest absolute Gasteiger partial charge is 0.368 e. The van der Waals surface area contributed by atoms with Crippen molar-refractivity contribution in [1.82, 2.24) is 15.0 Å². The number of primary amides is 1. The zero-order chi connectivity index (χ0) is 15.4. The molecule has 21 heavy (non-hydrogen) atoms. The fourth-order valence-electron chi connectivity index (χ4n) is 2.61. The summed E-state index contributed by atoms with van der Waals surface area (Å²) in [5.74, 6) is 0.790. The highest BCUT2D eigenvalue weighted by atomic mass is 16.1. The number of piperidine rings is 1. The molecule has 0 aliphatic carbocycles. The summed E-state index contributed by atoms with van der Waals surface area (Å²) in [5.41, 5.74) is 11.3. The van der Waals surface area contributed by atoms with Gasteiger partial charge in [-0.15, -0.1) is 0 Å². The highest BCUT2D eigenvalue weighted by molar-refractivity contribution is 5.83. The Morgan fingerprint density at radius 1 is 1.29 bits per heavy atom. The highest BCUT2D eigenvalue weighted by Crippen LogP contribution is 2.23. The van der Waals surface area contributed by atoms with E-state index in [-0.39, 0.29) is 17.9 Å². The number of nitrogens with zero attached hydrogens (tertiary/aromatic N) is 5. The van der Waals surface area contributed by atoms with Crippen LogP contribution in [0.5, 0.6) is 0 Å². The molecule has 8 nitrogen and oxygen atoms in total. The van der Waals surface area contributed by atoms with E-state index in [1.807, 2.05) is 23.6 Å². The predicted molar refractivity (Wildman–Crippen MR) is 82.0 cm³/mol. The number of amides is 1. The molecule has 1 fully saturated rings. The first kappa shape index (κ1) is 15.3. The van der Waals surface area contributed by atoms with Crippen LogP contribution in [-0.4, -0.2) is 46.5 Å². The molecule has 0 radical (unpaired) electrons. The van der Waals surface area contributed by atoms with Crippen LogP contribution in [0.4, 0.5) is 17.8 Å². The van der Waals surface area contributed by atoms with E-state index in [0.29, 0.717) is 18.4 Å². The molecule has 1 aromatic rings. The third kappa shape index (κ3) is 3.32. The van der Waals surface area contributed by atoms with E-state index in [1.165, 1.54) is 0 Å². The van der Waals surface area contributed by atoms with E-state index in [1.54, 1.807) is 0 Å². The molecule has 0 bridgehead atoms. The Morgan fingerprint density at radius 2 is 2.00 bits per heavy atom. The minimum atomic E-state index is -0.370. The molecule has 1 unspecified atom stereocenters. The van der Waals surface area contributed by atoms with Gasteiger partial charge in [-0.3, -0.25) is 4.79 Å². The Kier molecular flexibility index (Phi) is 4.77. The summed E-state index contributed by atoms with van der Waals surface area (Å²) in [7, 11) is 0. The van der Waals surface area contributed by atoms with Crippen LogP contribution in [0.15, 0.2) is 0 Å². The molecule has 1 atom stereocenters. The van der Waals surface area contributed by atoms with Crippen LogP contribution >= 0.6 is 0 Å². The van der Waals surface area contributed by atoms with Gasteiger partial charge in [-0.25, -0.2) is 0 Å². The number of anilines is 3. The van der Waals surface area contributed by atoms with Crippen molar-refractivity contribution in [1.29, 1.82) is 0 Å². The molecule has 1 aliphatic heterocycles. The minimum Gasteiger partial charge on any atom is -0.368 e. The van der Waals surface area contributed by atoms with Gasteiger partial charge in [-0.05, 0) is 33.1 Å². The van der Waals surface area contributed by atoms with Gasteiger partial charge in [0.05, 0.1) is 0 Å². The maximum absolute atomic E-state index is 11.6. The molecule has 1 aliphatic rings. The van der Waals surface area contributed by atoms with Crippen molar-refractivity contribution < 1.29 is 4.79 Å². The molecule has 1 saturated heterocycles.